The Kier molecular flexibility index (Phi) is 3.46. The maximum absolute atomic E-state index is 12.2. The maximum atomic E-state index is 12.2. The summed E-state index contributed by atoms with van der Waals surface area (Å²) in [6.45, 7) is 6.10. The van der Waals surface area contributed by atoms with Gasteiger partial charge in [-0.25, -0.2) is 0 Å². The second kappa shape index (κ2) is 5.03. The maximum Gasteiger partial charge on any atom is 0.161 e. The molecule has 0 saturated heterocycles. The van der Waals surface area contributed by atoms with Crippen molar-refractivity contribution < 1.29 is 14.7 Å². The van der Waals surface area contributed by atoms with Gasteiger partial charge in [-0.3, -0.25) is 9.59 Å². The number of aliphatic hydroxyl groups is 1. The van der Waals surface area contributed by atoms with Gasteiger partial charge in [-0.1, -0.05) is 19.4 Å². The van der Waals surface area contributed by atoms with Crippen molar-refractivity contribution in [2.24, 2.45) is 28.6 Å². The lowest BCUT2D eigenvalue weighted by atomic mass is 9.46. The van der Waals surface area contributed by atoms with Gasteiger partial charge in [-0.05, 0) is 81.1 Å². The minimum absolute atomic E-state index is 0.0446. The first-order valence-corrected chi connectivity index (χ1v) is 9.70. The zero-order chi connectivity index (χ0) is 17.3. The van der Waals surface area contributed by atoms with Gasteiger partial charge in [0.05, 0.1) is 0 Å². The van der Waals surface area contributed by atoms with E-state index in [0.717, 1.165) is 38.5 Å². The van der Waals surface area contributed by atoms with Gasteiger partial charge in [0.15, 0.2) is 11.6 Å². The molecule has 4 aliphatic carbocycles. The number of hydrogen-bond donors (Lipinski definition) is 1. The van der Waals surface area contributed by atoms with Gasteiger partial charge in [0.25, 0.3) is 0 Å². The first-order valence-electron chi connectivity index (χ1n) is 9.70. The van der Waals surface area contributed by atoms with Gasteiger partial charge in [0, 0.05) is 11.8 Å². The van der Waals surface area contributed by atoms with E-state index >= 15 is 0 Å². The lowest BCUT2D eigenvalue weighted by Crippen LogP contribution is -2.57. The van der Waals surface area contributed by atoms with Crippen LogP contribution in [0.25, 0.3) is 0 Å². The third kappa shape index (κ3) is 1.88. The number of fused-ring (bicyclic) bond motifs is 5. The first-order chi connectivity index (χ1) is 11.2. The van der Waals surface area contributed by atoms with Crippen LogP contribution in [0.3, 0.4) is 0 Å². The molecule has 0 radical (unpaired) electrons. The molecule has 24 heavy (non-hydrogen) atoms. The largest absolute Gasteiger partial charge is 0.382 e. The van der Waals surface area contributed by atoms with E-state index in [-0.39, 0.29) is 16.6 Å². The molecule has 0 heterocycles. The summed E-state index contributed by atoms with van der Waals surface area (Å²) in [6.07, 6.45) is 9.37. The molecule has 3 heteroatoms. The van der Waals surface area contributed by atoms with E-state index in [2.05, 4.69) is 13.8 Å². The molecule has 0 bridgehead atoms. The molecule has 0 amide bonds. The van der Waals surface area contributed by atoms with Crippen LogP contribution in [0, 0.1) is 28.6 Å². The smallest absolute Gasteiger partial charge is 0.161 e. The van der Waals surface area contributed by atoms with Crippen molar-refractivity contribution in [1.82, 2.24) is 0 Å². The minimum Gasteiger partial charge on any atom is -0.382 e. The van der Waals surface area contributed by atoms with E-state index in [9.17, 15) is 14.7 Å². The van der Waals surface area contributed by atoms with Crippen LogP contribution in [-0.4, -0.2) is 22.3 Å². The third-order valence-electron chi connectivity index (χ3n) is 8.70. The fraction of sp³-hybridized carbons (Fsp3) is 0.810. The van der Waals surface area contributed by atoms with E-state index in [4.69, 9.17) is 0 Å². The molecule has 0 aromatic rings. The highest BCUT2D eigenvalue weighted by Gasteiger charge is 2.65. The summed E-state index contributed by atoms with van der Waals surface area (Å²) in [4.78, 5) is 24.1. The molecular weight excluding hydrogens is 300 g/mol. The Hall–Kier alpha value is -0.960. The number of Topliss-reactive ketones (excluding diaryl/α,β-unsaturated/α-hetero) is 1. The Morgan fingerprint density at radius 1 is 1.08 bits per heavy atom. The normalized spacial score (nSPS) is 50.6. The van der Waals surface area contributed by atoms with Gasteiger partial charge in [0.2, 0.25) is 0 Å². The van der Waals surface area contributed by atoms with Gasteiger partial charge < -0.3 is 5.11 Å². The number of hydrogen-bond acceptors (Lipinski definition) is 3. The van der Waals surface area contributed by atoms with Crippen LogP contribution >= 0.6 is 0 Å². The Balaban J connectivity index is 1.70. The molecule has 3 saturated carbocycles. The van der Waals surface area contributed by atoms with Crippen molar-refractivity contribution in [2.45, 2.75) is 77.7 Å². The van der Waals surface area contributed by atoms with E-state index in [1.165, 1.54) is 5.57 Å². The molecule has 0 unspecified atom stereocenters. The topological polar surface area (TPSA) is 54.4 Å². The van der Waals surface area contributed by atoms with E-state index < -0.39 is 5.60 Å². The molecule has 0 spiro atoms. The summed E-state index contributed by atoms with van der Waals surface area (Å²) in [6, 6.07) is 0. The lowest BCUT2D eigenvalue weighted by molar-refractivity contribution is -0.160. The fourth-order valence-electron chi connectivity index (χ4n) is 7.15. The first kappa shape index (κ1) is 16.5. The summed E-state index contributed by atoms with van der Waals surface area (Å²) in [5, 5.41) is 11.1. The standard InChI is InChI=1S/C21H30O3/c1-13(22)21(24)11-8-18-16-5-4-14-12-15(23)6-9-19(14,2)17(16)7-10-20(18,21)3/h12,16-18,24H,4-11H2,1-3H3/t16-,17-,18+,19+,20+,21-/m1/s1. The molecule has 0 aliphatic heterocycles. The average molecular weight is 330 g/mol. The molecule has 132 valence electrons. The SMILES string of the molecule is CC(=O)[C@]1(O)CC[C@H]2[C@@H]3CCC4=CC(=O)CC[C@]4(C)[C@@H]3CC[C@@]21C. The van der Waals surface area contributed by atoms with Crippen molar-refractivity contribution in [3.8, 4) is 0 Å². The second-order valence-corrected chi connectivity index (χ2v) is 9.38. The third-order valence-corrected chi connectivity index (χ3v) is 8.70. The molecule has 6 atom stereocenters. The molecular formula is C21H30O3. The molecule has 0 aromatic heterocycles. The molecule has 3 fully saturated rings. The van der Waals surface area contributed by atoms with Crippen molar-refractivity contribution >= 4 is 11.6 Å². The summed E-state index contributed by atoms with van der Waals surface area (Å²) in [5.74, 6) is 1.90. The number of carbonyl (C=O) groups excluding carboxylic acids is 2. The summed E-state index contributed by atoms with van der Waals surface area (Å²) in [5.41, 5.74) is 0.155. The van der Waals surface area contributed by atoms with E-state index in [1.807, 2.05) is 6.08 Å². The van der Waals surface area contributed by atoms with Gasteiger partial charge >= 0.3 is 0 Å². The number of allylic oxidation sites excluding steroid dienone is 1. The van der Waals surface area contributed by atoms with Crippen molar-refractivity contribution in [3.05, 3.63) is 11.6 Å². The van der Waals surface area contributed by atoms with Gasteiger partial charge in [-0.15, -0.1) is 0 Å². The quantitative estimate of drug-likeness (QED) is 0.795. The monoisotopic (exact) mass is 330 g/mol. The van der Waals surface area contributed by atoms with Crippen LogP contribution in [0.2, 0.25) is 0 Å². The van der Waals surface area contributed by atoms with Crippen LogP contribution in [0.5, 0.6) is 0 Å². The highest BCUT2D eigenvalue weighted by atomic mass is 16.3. The molecule has 4 rings (SSSR count). The lowest BCUT2D eigenvalue weighted by Gasteiger charge is -2.58. The van der Waals surface area contributed by atoms with Crippen LogP contribution in [0.1, 0.15) is 72.1 Å². The zero-order valence-electron chi connectivity index (χ0n) is 15.2. The number of carbonyl (C=O) groups is 2. The molecule has 4 aliphatic rings. The van der Waals surface area contributed by atoms with Crippen molar-refractivity contribution in [1.29, 1.82) is 0 Å². The molecule has 1 N–H and O–H groups in total. The summed E-state index contributed by atoms with van der Waals surface area (Å²) >= 11 is 0. The number of rotatable bonds is 1. The second-order valence-electron chi connectivity index (χ2n) is 9.38. The highest BCUT2D eigenvalue weighted by Crippen LogP contribution is 2.67. The fourth-order valence-corrected chi connectivity index (χ4v) is 7.15. The van der Waals surface area contributed by atoms with Crippen LogP contribution in [0.4, 0.5) is 0 Å². The predicted octanol–water partition coefficient (Wildman–Crippen LogP) is 3.84. The Bertz CT molecular complexity index is 635. The average Bonchev–Trinajstić information content (AvgIpc) is 2.81. The zero-order valence-corrected chi connectivity index (χ0v) is 15.2. The van der Waals surface area contributed by atoms with Gasteiger partial charge in [0.1, 0.15) is 5.60 Å². The summed E-state index contributed by atoms with van der Waals surface area (Å²) < 4.78 is 0. The minimum atomic E-state index is -1.12. The van der Waals surface area contributed by atoms with E-state index in [0.29, 0.717) is 36.4 Å². The van der Waals surface area contributed by atoms with Crippen molar-refractivity contribution in [2.75, 3.05) is 0 Å². The predicted molar refractivity (Wildman–Crippen MR) is 92.3 cm³/mol. The van der Waals surface area contributed by atoms with E-state index in [1.54, 1.807) is 6.92 Å². The van der Waals surface area contributed by atoms with Gasteiger partial charge in [-0.2, -0.15) is 0 Å². The number of ketones is 2. The van der Waals surface area contributed by atoms with Crippen LogP contribution < -0.4 is 0 Å². The molecule has 0 aromatic carbocycles. The summed E-state index contributed by atoms with van der Waals surface area (Å²) in [7, 11) is 0. The highest BCUT2D eigenvalue weighted by molar-refractivity contribution is 5.91. The Morgan fingerprint density at radius 2 is 1.79 bits per heavy atom. The van der Waals surface area contributed by atoms with Crippen LogP contribution in [0.15, 0.2) is 11.6 Å². The van der Waals surface area contributed by atoms with Crippen LogP contribution in [-0.2, 0) is 9.59 Å². The Morgan fingerprint density at radius 3 is 2.50 bits per heavy atom. The van der Waals surface area contributed by atoms with Crippen molar-refractivity contribution in [3.63, 3.8) is 0 Å². The Labute approximate surface area is 144 Å². The molecule has 3 nitrogen and oxygen atoms in total.